The van der Waals surface area contributed by atoms with Gasteiger partial charge in [-0.15, -0.1) is 0 Å². The van der Waals surface area contributed by atoms with Crippen LogP contribution in [0.3, 0.4) is 0 Å². The Morgan fingerprint density at radius 3 is 2.70 bits per heavy atom. The Kier molecular flexibility index (Phi) is 5.64. The molecule has 5 nitrogen and oxygen atoms in total. The lowest BCUT2D eigenvalue weighted by Gasteiger charge is -2.33. The highest BCUT2D eigenvalue weighted by Crippen LogP contribution is 2.25. The van der Waals surface area contributed by atoms with Crippen molar-refractivity contribution in [2.45, 2.75) is 50.1 Å². The number of thioether (sulfide) groups is 1. The Hall–Kier alpha value is -1.30. The maximum absolute atomic E-state index is 12.4. The number of nitrogen functional groups attached to an aromatic ring is 1. The van der Waals surface area contributed by atoms with E-state index in [1.165, 1.54) is 31.0 Å². The van der Waals surface area contributed by atoms with Crippen LogP contribution in [0.1, 0.15) is 39.0 Å². The third-order valence-electron chi connectivity index (χ3n) is 3.70. The van der Waals surface area contributed by atoms with E-state index in [0.717, 1.165) is 19.4 Å². The van der Waals surface area contributed by atoms with Gasteiger partial charge in [-0.2, -0.15) is 0 Å². The lowest BCUT2D eigenvalue weighted by atomic mass is 9.94. The molecule has 1 aliphatic rings. The minimum Gasteiger partial charge on any atom is -0.381 e. The zero-order valence-corrected chi connectivity index (χ0v) is 12.7. The van der Waals surface area contributed by atoms with Gasteiger partial charge in [0.1, 0.15) is 5.03 Å². The van der Waals surface area contributed by atoms with Crippen molar-refractivity contribution in [2.75, 3.05) is 18.0 Å². The summed E-state index contributed by atoms with van der Waals surface area (Å²) in [6.07, 6.45) is 9.20. The number of rotatable bonds is 5. The van der Waals surface area contributed by atoms with E-state index in [9.17, 15) is 4.79 Å². The number of amides is 1. The molecule has 0 radical (unpaired) electrons. The molecule has 0 unspecified atom stereocenters. The first-order valence-corrected chi connectivity index (χ1v) is 8.19. The van der Waals surface area contributed by atoms with E-state index in [0.29, 0.717) is 22.6 Å². The van der Waals surface area contributed by atoms with Gasteiger partial charge in [0.15, 0.2) is 5.82 Å². The minimum atomic E-state index is 0.175. The molecule has 110 valence electrons. The number of aromatic nitrogens is 2. The van der Waals surface area contributed by atoms with Gasteiger partial charge in [0.2, 0.25) is 5.91 Å². The summed E-state index contributed by atoms with van der Waals surface area (Å²) in [6, 6.07) is 0.418. The van der Waals surface area contributed by atoms with Gasteiger partial charge in [0.25, 0.3) is 0 Å². The van der Waals surface area contributed by atoms with Crippen molar-refractivity contribution in [3.8, 4) is 0 Å². The Labute approximate surface area is 124 Å². The quantitative estimate of drug-likeness (QED) is 0.844. The number of carbonyl (C=O) groups is 1. The SMILES string of the molecule is CCN(C(=O)CSc1nccnc1N)C1CCCCC1. The summed E-state index contributed by atoms with van der Waals surface area (Å²) in [5, 5.41) is 0.639. The second-order valence-electron chi connectivity index (χ2n) is 5.01. The molecule has 1 heterocycles. The molecule has 2 rings (SSSR count). The predicted molar refractivity (Wildman–Crippen MR) is 81.4 cm³/mol. The van der Waals surface area contributed by atoms with Crippen molar-refractivity contribution in [2.24, 2.45) is 0 Å². The van der Waals surface area contributed by atoms with Crippen molar-refractivity contribution in [3.05, 3.63) is 12.4 Å². The molecule has 1 saturated carbocycles. The van der Waals surface area contributed by atoms with Crippen LogP contribution in [0.5, 0.6) is 0 Å². The molecule has 0 spiro atoms. The third-order valence-corrected chi connectivity index (χ3v) is 4.68. The van der Waals surface area contributed by atoms with E-state index in [1.807, 2.05) is 11.8 Å². The average molecular weight is 294 g/mol. The van der Waals surface area contributed by atoms with Crippen molar-refractivity contribution < 1.29 is 4.79 Å². The van der Waals surface area contributed by atoms with Gasteiger partial charge < -0.3 is 10.6 Å². The number of hydrogen-bond acceptors (Lipinski definition) is 5. The molecule has 2 N–H and O–H groups in total. The maximum Gasteiger partial charge on any atom is 0.233 e. The van der Waals surface area contributed by atoms with Gasteiger partial charge in [0.05, 0.1) is 5.75 Å². The summed E-state index contributed by atoms with van der Waals surface area (Å²) in [4.78, 5) is 22.5. The van der Waals surface area contributed by atoms with Crippen LogP contribution in [0.15, 0.2) is 17.4 Å². The number of hydrogen-bond donors (Lipinski definition) is 1. The van der Waals surface area contributed by atoms with Gasteiger partial charge in [-0.3, -0.25) is 4.79 Å². The standard InChI is InChI=1S/C14H22N4OS/c1-2-18(11-6-4-3-5-7-11)12(19)10-20-14-13(15)16-8-9-17-14/h8-9,11H,2-7,10H2,1H3,(H2,15,16). The minimum absolute atomic E-state index is 0.175. The van der Waals surface area contributed by atoms with Crippen LogP contribution in [-0.4, -0.2) is 39.1 Å². The summed E-state index contributed by atoms with van der Waals surface area (Å²) >= 11 is 1.37. The molecule has 1 aromatic rings. The fraction of sp³-hybridized carbons (Fsp3) is 0.643. The van der Waals surface area contributed by atoms with Crippen LogP contribution in [0.2, 0.25) is 0 Å². The number of nitrogens with two attached hydrogens (primary N) is 1. The monoisotopic (exact) mass is 294 g/mol. The van der Waals surface area contributed by atoms with Crippen LogP contribution in [0.25, 0.3) is 0 Å². The lowest BCUT2D eigenvalue weighted by molar-refractivity contribution is -0.131. The van der Waals surface area contributed by atoms with E-state index >= 15 is 0 Å². The van der Waals surface area contributed by atoms with E-state index in [1.54, 1.807) is 12.4 Å². The summed E-state index contributed by atoms with van der Waals surface area (Å²) in [5.41, 5.74) is 5.74. The van der Waals surface area contributed by atoms with Gasteiger partial charge in [-0.25, -0.2) is 9.97 Å². The molecule has 0 aliphatic heterocycles. The smallest absolute Gasteiger partial charge is 0.233 e. The van der Waals surface area contributed by atoms with Crippen LogP contribution >= 0.6 is 11.8 Å². The second kappa shape index (κ2) is 7.47. The molecule has 6 heteroatoms. The normalized spacial score (nSPS) is 16.1. The third kappa shape index (κ3) is 3.85. The second-order valence-corrected chi connectivity index (χ2v) is 5.97. The summed E-state index contributed by atoms with van der Waals surface area (Å²) in [5.74, 6) is 0.952. The first-order chi connectivity index (χ1) is 9.72. The molecule has 1 aliphatic carbocycles. The Balaban J connectivity index is 1.90. The zero-order chi connectivity index (χ0) is 14.4. The largest absolute Gasteiger partial charge is 0.381 e. The van der Waals surface area contributed by atoms with Crippen molar-refractivity contribution in [1.29, 1.82) is 0 Å². The zero-order valence-electron chi connectivity index (χ0n) is 11.9. The lowest BCUT2D eigenvalue weighted by Crippen LogP contribution is -2.42. The van der Waals surface area contributed by atoms with Crippen molar-refractivity contribution in [1.82, 2.24) is 14.9 Å². The van der Waals surface area contributed by atoms with Crippen molar-refractivity contribution >= 4 is 23.5 Å². The molecule has 0 bridgehead atoms. The molecule has 1 fully saturated rings. The number of carbonyl (C=O) groups excluding carboxylic acids is 1. The summed E-state index contributed by atoms with van der Waals surface area (Å²) in [6.45, 7) is 2.83. The van der Waals surface area contributed by atoms with E-state index in [-0.39, 0.29) is 5.91 Å². The van der Waals surface area contributed by atoms with Gasteiger partial charge in [0, 0.05) is 25.0 Å². The van der Waals surface area contributed by atoms with Gasteiger partial charge in [-0.05, 0) is 19.8 Å². The van der Waals surface area contributed by atoms with E-state index < -0.39 is 0 Å². The first kappa shape index (κ1) is 15.1. The molecule has 1 amide bonds. The predicted octanol–water partition coefficient (Wildman–Crippen LogP) is 2.33. The first-order valence-electron chi connectivity index (χ1n) is 7.21. The highest BCUT2D eigenvalue weighted by atomic mass is 32.2. The van der Waals surface area contributed by atoms with E-state index in [2.05, 4.69) is 9.97 Å². The molecule has 1 aromatic heterocycles. The van der Waals surface area contributed by atoms with Crippen LogP contribution in [0, 0.1) is 0 Å². The van der Waals surface area contributed by atoms with Gasteiger partial charge >= 0.3 is 0 Å². The molecule has 0 aromatic carbocycles. The van der Waals surface area contributed by atoms with Crippen LogP contribution in [0.4, 0.5) is 5.82 Å². The molecule has 0 saturated heterocycles. The average Bonchev–Trinajstić information content (AvgIpc) is 2.48. The summed E-state index contributed by atoms with van der Waals surface area (Å²) in [7, 11) is 0. The van der Waals surface area contributed by atoms with E-state index in [4.69, 9.17) is 5.73 Å². The maximum atomic E-state index is 12.4. The van der Waals surface area contributed by atoms with Crippen LogP contribution < -0.4 is 5.73 Å². The highest BCUT2D eigenvalue weighted by molar-refractivity contribution is 8.00. The van der Waals surface area contributed by atoms with Crippen molar-refractivity contribution in [3.63, 3.8) is 0 Å². The molecule has 0 atom stereocenters. The summed E-state index contributed by atoms with van der Waals surface area (Å²) < 4.78 is 0. The Bertz CT molecular complexity index is 449. The number of anilines is 1. The molecule has 20 heavy (non-hydrogen) atoms. The fourth-order valence-electron chi connectivity index (χ4n) is 2.69. The number of nitrogens with zero attached hydrogens (tertiary/aromatic N) is 3. The molecular formula is C14H22N4OS. The Morgan fingerprint density at radius 2 is 2.05 bits per heavy atom. The Morgan fingerprint density at radius 1 is 1.35 bits per heavy atom. The molecular weight excluding hydrogens is 272 g/mol. The van der Waals surface area contributed by atoms with Gasteiger partial charge in [-0.1, -0.05) is 31.0 Å². The highest BCUT2D eigenvalue weighted by Gasteiger charge is 2.24. The van der Waals surface area contributed by atoms with Crippen LogP contribution in [-0.2, 0) is 4.79 Å². The fourth-order valence-corrected chi connectivity index (χ4v) is 3.45. The topological polar surface area (TPSA) is 72.1 Å².